The molecule has 1 aromatic rings. The third kappa shape index (κ3) is 1.49. The zero-order chi connectivity index (χ0) is 9.42. The summed E-state index contributed by atoms with van der Waals surface area (Å²) in [4.78, 5) is 8.17. The van der Waals surface area contributed by atoms with Crippen LogP contribution in [0.4, 0.5) is 0 Å². The first-order valence-electron chi connectivity index (χ1n) is 4.39. The first-order chi connectivity index (χ1) is 6.22. The largest absolute Gasteiger partial charge is 0.493 e. The maximum absolute atomic E-state index is 9.43. The molecule has 4 nitrogen and oxygen atoms in total. The molecule has 0 aromatic carbocycles. The summed E-state index contributed by atoms with van der Waals surface area (Å²) in [6.45, 7) is 1.57. The highest BCUT2D eigenvalue weighted by atomic mass is 16.3. The molecule has 1 aliphatic rings. The van der Waals surface area contributed by atoms with Crippen molar-refractivity contribution in [2.45, 2.75) is 32.3 Å². The van der Waals surface area contributed by atoms with Crippen molar-refractivity contribution in [1.82, 2.24) is 9.97 Å². The number of aliphatic hydroxyl groups excluding tert-OH is 1. The highest BCUT2D eigenvalue weighted by Gasteiger charge is 2.27. The molecule has 1 fully saturated rings. The van der Waals surface area contributed by atoms with Gasteiger partial charge in [-0.2, -0.15) is 4.98 Å². The van der Waals surface area contributed by atoms with Crippen LogP contribution >= 0.6 is 0 Å². The normalized spacial score (nSPS) is 16.2. The Morgan fingerprint density at radius 3 is 2.62 bits per heavy atom. The standard InChI is InChI=1S/C9H12N2O2/c1-5-7(4-12)10-8(6-2-3-6)11-9(5)13/h6,12H,2-4H2,1H3,(H,10,11,13). The number of aliphatic hydroxyl groups is 1. The molecule has 0 amide bonds. The van der Waals surface area contributed by atoms with Gasteiger partial charge in [0.1, 0.15) is 5.82 Å². The SMILES string of the molecule is Cc1c(O)nc(C2CC2)nc1CO. The third-order valence-corrected chi connectivity index (χ3v) is 2.33. The van der Waals surface area contributed by atoms with E-state index >= 15 is 0 Å². The second kappa shape index (κ2) is 2.96. The van der Waals surface area contributed by atoms with E-state index in [1.54, 1.807) is 6.92 Å². The van der Waals surface area contributed by atoms with Crippen molar-refractivity contribution in [3.8, 4) is 5.88 Å². The van der Waals surface area contributed by atoms with Crippen molar-refractivity contribution in [3.63, 3.8) is 0 Å². The van der Waals surface area contributed by atoms with Crippen LogP contribution in [0.3, 0.4) is 0 Å². The van der Waals surface area contributed by atoms with Crippen LogP contribution < -0.4 is 0 Å². The van der Waals surface area contributed by atoms with Crippen molar-refractivity contribution < 1.29 is 10.2 Å². The predicted molar refractivity (Wildman–Crippen MR) is 46.3 cm³/mol. The maximum atomic E-state index is 9.43. The second-order valence-corrected chi connectivity index (χ2v) is 3.41. The Labute approximate surface area is 76.3 Å². The summed E-state index contributed by atoms with van der Waals surface area (Å²) in [5.41, 5.74) is 1.11. The summed E-state index contributed by atoms with van der Waals surface area (Å²) in [7, 11) is 0. The van der Waals surface area contributed by atoms with E-state index in [1.807, 2.05) is 0 Å². The van der Waals surface area contributed by atoms with Crippen molar-refractivity contribution in [2.24, 2.45) is 0 Å². The van der Waals surface area contributed by atoms with Gasteiger partial charge in [0.2, 0.25) is 5.88 Å². The summed E-state index contributed by atoms with van der Waals surface area (Å²) < 4.78 is 0. The second-order valence-electron chi connectivity index (χ2n) is 3.41. The number of nitrogens with zero attached hydrogens (tertiary/aromatic N) is 2. The fraction of sp³-hybridized carbons (Fsp3) is 0.556. The van der Waals surface area contributed by atoms with Gasteiger partial charge in [0.05, 0.1) is 12.3 Å². The average molecular weight is 180 g/mol. The topological polar surface area (TPSA) is 66.2 Å². The maximum Gasteiger partial charge on any atom is 0.217 e. The lowest BCUT2D eigenvalue weighted by molar-refractivity contribution is 0.273. The van der Waals surface area contributed by atoms with Gasteiger partial charge in [0.25, 0.3) is 0 Å². The van der Waals surface area contributed by atoms with Crippen LogP contribution in [0.5, 0.6) is 5.88 Å². The van der Waals surface area contributed by atoms with Crippen LogP contribution in [0.2, 0.25) is 0 Å². The van der Waals surface area contributed by atoms with Gasteiger partial charge in [-0.05, 0) is 19.8 Å². The van der Waals surface area contributed by atoms with E-state index in [0.29, 0.717) is 23.0 Å². The molecule has 0 saturated heterocycles. The number of aromatic nitrogens is 2. The zero-order valence-electron chi connectivity index (χ0n) is 7.49. The van der Waals surface area contributed by atoms with Gasteiger partial charge in [0.15, 0.2) is 0 Å². The Balaban J connectivity index is 2.43. The van der Waals surface area contributed by atoms with Crippen molar-refractivity contribution in [3.05, 3.63) is 17.1 Å². The molecule has 0 bridgehead atoms. The monoisotopic (exact) mass is 180 g/mol. The minimum Gasteiger partial charge on any atom is -0.493 e. The van der Waals surface area contributed by atoms with Gasteiger partial charge in [-0.25, -0.2) is 4.98 Å². The number of aromatic hydroxyl groups is 1. The first kappa shape index (κ1) is 8.44. The summed E-state index contributed by atoms with van der Waals surface area (Å²) >= 11 is 0. The highest BCUT2D eigenvalue weighted by molar-refractivity contribution is 5.29. The molecule has 0 aliphatic heterocycles. The molecule has 1 saturated carbocycles. The lowest BCUT2D eigenvalue weighted by atomic mass is 10.2. The van der Waals surface area contributed by atoms with Crippen LogP contribution in [-0.2, 0) is 6.61 Å². The summed E-state index contributed by atoms with van der Waals surface area (Å²) in [6, 6.07) is 0. The molecule has 2 rings (SSSR count). The van der Waals surface area contributed by atoms with E-state index in [4.69, 9.17) is 5.11 Å². The Hall–Kier alpha value is -1.16. The molecule has 0 atom stereocenters. The Morgan fingerprint density at radius 2 is 2.08 bits per heavy atom. The van der Waals surface area contributed by atoms with Crippen molar-refractivity contribution >= 4 is 0 Å². The molecule has 0 radical (unpaired) electrons. The van der Waals surface area contributed by atoms with E-state index in [9.17, 15) is 5.11 Å². The van der Waals surface area contributed by atoms with Gasteiger partial charge in [-0.15, -0.1) is 0 Å². The number of hydrogen-bond acceptors (Lipinski definition) is 4. The number of rotatable bonds is 2. The summed E-state index contributed by atoms with van der Waals surface area (Å²) in [6.07, 6.45) is 2.18. The molecule has 4 heteroatoms. The fourth-order valence-electron chi connectivity index (χ4n) is 1.25. The zero-order valence-corrected chi connectivity index (χ0v) is 7.49. The minimum atomic E-state index is -0.137. The predicted octanol–water partition coefficient (Wildman–Crippen LogP) is 0.860. The smallest absolute Gasteiger partial charge is 0.217 e. The van der Waals surface area contributed by atoms with Gasteiger partial charge in [-0.3, -0.25) is 0 Å². The van der Waals surface area contributed by atoms with Crippen LogP contribution in [0.1, 0.15) is 35.8 Å². The summed E-state index contributed by atoms with van der Waals surface area (Å²) in [5, 5.41) is 18.4. The van der Waals surface area contributed by atoms with Crippen LogP contribution in [0.15, 0.2) is 0 Å². The Morgan fingerprint density at radius 1 is 1.38 bits per heavy atom. The van der Waals surface area contributed by atoms with E-state index in [0.717, 1.165) is 12.8 Å². The van der Waals surface area contributed by atoms with E-state index in [-0.39, 0.29) is 12.5 Å². The quantitative estimate of drug-likeness (QED) is 0.708. The fourth-order valence-corrected chi connectivity index (χ4v) is 1.25. The lowest BCUT2D eigenvalue weighted by Crippen LogP contribution is -2.01. The molecule has 2 N–H and O–H groups in total. The molecule has 0 unspecified atom stereocenters. The minimum absolute atomic E-state index is 0.000880. The van der Waals surface area contributed by atoms with E-state index < -0.39 is 0 Å². The van der Waals surface area contributed by atoms with Gasteiger partial charge < -0.3 is 10.2 Å². The van der Waals surface area contributed by atoms with Gasteiger partial charge in [0, 0.05) is 11.5 Å². The molecule has 1 heterocycles. The third-order valence-electron chi connectivity index (χ3n) is 2.33. The molecular formula is C9H12N2O2. The van der Waals surface area contributed by atoms with Crippen molar-refractivity contribution in [1.29, 1.82) is 0 Å². The van der Waals surface area contributed by atoms with E-state index in [2.05, 4.69) is 9.97 Å². The first-order valence-corrected chi connectivity index (χ1v) is 4.39. The molecular weight excluding hydrogens is 168 g/mol. The summed E-state index contributed by atoms with van der Waals surface area (Å²) in [5.74, 6) is 1.07. The van der Waals surface area contributed by atoms with Crippen LogP contribution in [0.25, 0.3) is 0 Å². The number of hydrogen-bond donors (Lipinski definition) is 2. The van der Waals surface area contributed by atoms with Crippen LogP contribution in [0, 0.1) is 6.92 Å². The molecule has 1 aliphatic carbocycles. The van der Waals surface area contributed by atoms with Gasteiger partial charge >= 0.3 is 0 Å². The van der Waals surface area contributed by atoms with Crippen LogP contribution in [-0.4, -0.2) is 20.2 Å². The van der Waals surface area contributed by atoms with E-state index in [1.165, 1.54) is 0 Å². The molecule has 13 heavy (non-hydrogen) atoms. The molecule has 1 aromatic heterocycles. The Bertz CT molecular complexity index is 335. The average Bonchev–Trinajstić information content (AvgIpc) is 2.92. The lowest BCUT2D eigenvalue weighted by Gasteiger charge is -2.05. The van der Waals surface area contributed by atoms with Crippen molar-refractivity contribution in [2.75, 3.05) is 0 Å². The highest BCUT2D eigenvalue weighted by Crippen LogP contribution is 2.39. The van der Waals surface area contributed by atoms with Gasteiger partial charge in [-0.1, -0.05) is 0 Å². The molecule has 0 spiro atoms. The molecule has 70 valence electrons. The Kier molecular flexibility index (Phi) is 1.92.